The third-order valence-electron chi connectivity index (χ3n) is 4.54. The van der Waals surface area contributed by atoms with Gasteiger partial charge in [-0.15, -0.1) is 0 Å². The van der Waals surface area contributed by atoms with Crippen molar-refractivity contribution in [3.05, 3.63) is 75.3 Å². The molecule has 136 valence electrons. The van der Waals surface area contributed by atoms with Crippen LogP contribution in [0.3, 0.4) is 0 Å². The molecule has 0 fully saturated rings. The molecule has 3 rings (SSSR count). The summed E-state index contributed by atoms with van der Waals surface area (Å²) in [5.41, 5.74) is 3.31. The van der Waals surface area contributed by atoms with E-state index in [0.717, 1.165) is 22.0 Å². The first kappa shape index (κ1) is 18.3. The highest BCUT2D eigenvalue weighted by molar-refractivity contribution is 5.94. The van der Waals surface area contributed by atoms with E-state index in [1.807, 2.05) is 32.0 Å². The van der Waals surface area contributed by atoms with E-state index in [1.165, 1.54) is 24.3 Å². The number of nitrogens with one attached hydrogen (secondary N) is 2. The summed E-state index contributed by atoms with van der Waals surface area (Å²) in [4.78, 5) is 27.5. The van der Waals surface area contributed by atoms with Gasteiger partial charge in [0.1, 0.15) is 11.7 Å². The summed E-state index contributed by atoms with van der Waals surface area (Å²) < 4.78 is 13.0. The van der Waals surface area contributed by atoms with E-state index in [9.17, 15) is 19.2 Å². The fourth-order valence-electron chi connectivity index (χ4n) is 2.85. The van der Waals surface area contributed by atoms with Crippen LogP contribution in [0.2, 0.25) is 0 Å². The van der Waals surface area contributed by atoms with Crippen molar-refractivity contribution in [3.63, 3.8) is 0 Å². The van der Waals surface area contributed by atoms with E-state index in [4.69, 9.17) is 0 Å². The maximum atomic E-state index is 13.0. The molecule has 5 nitrogen and oxygen atoms in total. The quantitative estimate of drug-likeness (QED) is 0.742. The number of aromatic nitrogens is 1. The van der Waals surface area contributed by atoms with Crippen LogP contribution in [-0.2, 0) is 11.2 Å². The number of hydrogen-bond donors (Lipinski definition) is 2. The molecule has 1 heterocycles. The third kappa shape index (κ3) is 4.04. The van der Waals surface area contributed by atoms with E-state index in [0.29, 0.717) is 11.3 Å². The van der Waals surface area contributed by atoms with Gasteiger partial charge in [0, 0.05) is 23.2 Å². The summed E-state index contributed by atoms with van der Waals surface area (Å²) in [5.74, 6) is -2.00. The maximum Gasteiger partial charge on any atom is 0.251 e. The number of anilines is 1. The van der Waals surface area contributed by atoms with Crippen LogP contribution in [-0.4, -0.2) is 10.9 Å². The highest BCUT2D eigenvalue weighted by Crippen LogP contribution is 2.19. The summed E-state index contributed by atoms with van der Waals surface area (Å²) in [5, 5.41) is 12.8. The fraction of sp³-hybridized carbons (Fsp3) is 0.190. The summed E-state index contributed by atoms with van der Waals surface area (Å²) >= 11 is 0. The van der Waals surface area contributed by atoms with Gasteiger partial charge in [0.2, 0.25) is 5.91 Å². The zero-order valence-electron chi connectivity index (χ0n) is 15.0. The minimum Gasteiger partial charge on any atom is -0.325 e. The Morgan fingerprint density at radius 3 is 2.52 bits per heavy atom. The molecule has 1 amide bonds. The van der Waals surface area contributed by atoms with Crippen molar-refractivity contribution in [1.82, 2.24) is 4.98 Å². The topological polar surface area (TPSA) is 85.8 Å². The van der Waals surface area contributed by atoms with E-state index >= 15 is 0 Å². The Kier molecular flexibility index (Phi) is 5.04. The van der Waals surface area contributed by atoms with E-state index in [2.05, 4.69) is 10.3 Å². The number of carbonyl (C=O) groups is 1. The molecule has 0 bridgehead atoms. The number of nitrogens with zero attached hydrogens (tertiary/aromatic N) is 1. The smallest absolute Gasteiger partial charge is 0.251 e. The average Bonchev–Trinajstić information content (AvgIpc) is 2.63. The van der Waals surface area contributed by atoms with Crippen molar-refractivity contribution in [1.29, 1.82) is 5.26 Å². The van der Waals surface area contributed by atoms with Crippen LogP contribution in [0, 0.1) is 36.9 Å². The number of H-pyrrole nitrogens is 1. The van der Waals surface area contributed by atoms with Crippen LogP contribution in [0.15, 0.2) is 47.3 Å². The third-order valence-corrected chi connectivity index (χ3v) is 4.54. The second-order valence-electron chi connectivity index (χ2n) is 6.53. The first-order chi connectivity index (χ1) is 12.9. The molecule has 0 spiro atoms. The predicted octanol–water partition coefficient (Wildman–Crippen LogP) is 3.61. The molecule has 0 aliphatic rings. The van der Waals surface area contributed by atoms with Crippen molar-refractivity contribution in [3.8, 4) is 6.07 Å². The van der Waals surface area contributed by atoms with Gasteiger partial charge in [0.15, 0.2) is 0 Å². The molecule has 0 aliphatic heterocycles. The Morgan fingerprint density at radius 1 is 1.19 bits per heavy atom. The Morgan fingerprint density at radius 2 is 1.85 bits per heavy atom. The molecule has 27 heavy (non-hydrogen) atoms. The lowest BCUT2D eigenvalue weighted by molar-refractivity contribution is -0.118. The van der Waals surface area contributed by atoms with Gasteiger partial charge in [-0.05, 0) is 72.8 Å². The number of fused-ring (bicyclic) bond motifs is 1. The summed E-state index contributed by atoms with van der Waals surface area (Å²) in [7, 11) is 0. The maximum absolute atomic E-state index is 13.0. The highest BCUT2D eigenvalue weighted by Gasteiger charge is 2.20. The lowest BCUT2D eigenvalue weighted by Crippen LogP contribution is -2.26. The standard InChI is InChI=1S/C21H18FN3O2/c1-12-7-14-9-15(20(26)25-19(14)8-13(12)2)10-16(11-23)21(27)24-18-5-3-17(22)4-6-18/h3-9,16H,10H2,1-2H3,(H,24,27)(H,25,26)/t16-/m0/s1. The van der Waals surface area contributed by atoms with Crippen molar-refractivity contribution in [2.24, 2.45) is 5.92 Å². The monoisotopic (exact) mass is 363 g/mol. The first-order valence-corrected chi connectivity index (χ1v) is 8.46. The molecule has 3 aromatic rings. The summed E-state index contributed by atoms with van der Waals surface area (Å²) in [6.45, 7) is 3.94. The minimum absolute atomic E-state index is 0.0122. The molecular formula is C21H18FN3O2. The number of halogens is 1. The number of aromatic amines is 1. The second kappa shape index (κ2) is 7.42. The molecule has 0 aliphatic carbocycles. The number of rotatable bonds is 4. The highest BCUT2D eigenvalue weighted by atomic mass is 19.1. The number of benzene rings is 2. The average molecular weight is 363 g/mol. The molecule has 1 aromatic heterocycles. The molecule has 0 saturated heterocycles. The zero-order valence-corrected chi connectivity index (χ0v) is 15.0. The van der Waals surface area contributed by atoms with E-state index in [1.54, 1.807) is 6.07 Å². The molecule has 0 saturated carbocycles. The van der Waals surface area contributed by atoms with Gasteiger partial charge in [-0.3, -0.25) is 9.59 Å². The number of hydrogen-bond acceptors (Lipinski definition) is 3. The second-order valence-corrected chi connectivity index (χ2v) is 6.53. The van der Waals surface area contributed by atoms with Crippen molar-refractivity contribution in [2.75, 3.05) is 5.32 Å². The van der Waals surface area contributed by atoms with Crippen LogP contribution in [0.25, 0.3) is 10.9 Å². The van der Waals surface area contributed by atoms with Gasteiger partial charge in [0.25, 0.3) is 5.56 Å². The molecular weight excluding hydrogens is 345 g/mol. The number of carbonyl (C=O) groups excluding carboxylic acids is 1. The SMILES string of the molecule is Cc1cc2cc(C[C@@H](C#N)C(=O)Nc3ccc(F)cc3)c(=O)[nH]c2cc1C. The summed E-state index contributed by atoms with van der Waals surface area (Å²) in [6.07, 6.45) is -0.0122. The number of aryl methyl sites for hydroxylation is 2. The van der Waals surface area contributed by atoms with Gasteiger partial charge >= 0.3 is 0 Å². The van der Waals surface area contributed by atoms with Gasteiger partial charge < -0.3 is 10.3 Å². The molecule has 0 radical (unpaired) electrons. The molecule has 2 N–H and O–H groups in total. The number of nitriles is 1. The largest absolute Gasteiger partial charge is 0.325 e. The lowest BCUT2D eigenvalue weighted by atomic mass is 9.98. The van der Waals surface area contributed by atoms with Crippen LogP contribution in [0.5, 0.6) is 0 Å². The van der Waals surface area contributed by atoms with Crippen LogP contribution in [0.1, 0.15) is 16.7 Å². The predicted molar refractivity (Wildman–Crippen MR) is 102 cm³/mol. The zero-order chi connectivity index (χ0) is 19.6. The van der Waals surface area contributed by atoms with Crippen molar-refractivity contribution in [2.45, 2.75) is 20.3 Å². The molecule has 2 aromatic carbocycles. The number of amides is 1. The van der Waals surface area contributed by atoms with Gasteiger partial charge in [0.05, 0.1) is 6.07 Å². The molecule has 6 heteroatoms. The summed E-state index contributed by atoms with van der Waals surface area (Å²) in [6, 6.07) is 12.8. The van der Waals surface area contributed by atoms with Crippen LogP contribution < -0.4 is 10.9 Å². The van der Waals surface area contributed by atoms with Gasteiger partial charge in [-0.2, -0.15) is 5.26 Å². The Balaban J connectivity index is 1.85. The van der Waals surface area contributed by atoms with Crippen LogP contribution >= 0.6 is 0 Å². The van der Waals surface area contributed by atoms with Gasteiger partial charge in [-0.25, -0.2) is 4.39 Å². The van der Waals surface area contributed by atoms with Crippen molar-refractivity contribution >= 4 is 22.5 Å². The fourth-order valence-corrected chi connectivity index (χ4v) is 2.85. The lowest BCUT2D eigenvalue weighted by Gasteiger charge is -2.11. The van der Waals surface area contributed by atoms with E-state index < -0.39 is 17.6 Å². The Labute approximate surface area is 155 Å². The molecule has 0 unspecified atom stereocenters. The Hall–Kier alpha value is -3.46. The van der Waals surface area contributed by atoms with Crippen molar-refractivity contribution < 1.29 is 9.18 Å². The first-order valence-electron chi connectivity index (χ1n) is 8.46. The number of pyridine rings is 1. The van der Waals surface area contributed by atoms with Crippen LogP contribution in [0.4, 0.5) is 10.1 Å². The Bertz CT molecular complexity index is 1110. The van der Waals surface area contributed by atoms with E-state index in [-0.39, 0.29) is 12.0 Å². The minimum atomic E-state index is -1.04. The van der Waals surface area contributed by atoms with Gasteiger partial charge in [-0.1, -0.05) is 0 Å². The normalized spacial score (nSPS) is 11.8. The molecule has 1 atom stereocenters.